The smallest absolute Gasteiger partial charge is 0.328 e. The van der Waals surface area contributed by atoms with Gasteiger partial charge in [-0.25, -0.2) is 4.79 Å². The van der Waals surface area contributed by atoms with Gasteiger partial charge in [0, 0.05) is 19.2 Å². The summed E-state index contributed by atoms with van der Waals surface area (Å²) in [5, 5.41) is 6.40. The average Bonchev–Trinajstić information content (AvgIpc) is 3.43. The van der Waals surface area contributed by atoms with Gasteiger partial charge in [0.15, 0.2) is 0 Å². The van der Waals surface area contributed by atoms with Crippen LogP contribution in [0.15, 0.2) is 11.6 Å². The first kappa shape index (κ1) is 35.8. The van der Waals surface area contributed by atoms with E-state index in [1.165, 1.54) is 26.4 Å². The zero-order valence-electron chi connectivity index (χ0n) is 28.1. The lowest BCUT2D eigenvalue weighted by Gasteiger charge is -2.43. The molecule has 9 nitrogen and oxygen atoms in total. The molecule has 0 radical (unpaired) electrons. The first-order valence-corrected chi connectivity index (χ1v) is 15.8. The van der Waals surface area contributed by atoms with E-state index < -0.39 is 29.5 Å². The van der Waals surface area contributed by atoms with Crippen LogP contribution in [0.25, 0.3) is 0 Å². The lowest BCUT2D eigenvalue weighted by Crippen LogP contribution is -2.61. The quantitative estimate of drug-likeness (QED) is 0.274. The molecule has 0 unspecified atom stereocenters. The summed E-state index contributed by atoms with van der Waals surface area (Å²) < 4.78 is 4.91. The number of hydrogen-bond acceptors (Lipinski definition) is 6. The summed E-state index contributed by atoms with van der Waals surface area (Å²) in [6.45, 7) is 16.4. The first-order valence-electron chi connectivity index (χ1n) is 15.8. The van der Waals surface area contributed by atoms with Gasteiger partial charge in [0.25, 0.3) is 0 Å². The van der Waals surface area contributed by atoms with Gasteiger partial charge in [-0.2, -0.15) is 0 Å². The molecule has 0 bridgehead atoms. The minimum Gasteiger partial charge on any atom is -0.467 e. The monoisotopic (exact) mass is 590 g/mol. The molecule has 42 heavy (non-hydrogen) atoms. The molecule has 2 aliphatic rings. The molecule has 1 aliphatic heterocycles. The molecule has 1 heterocycles. The Balaban J connectivity index is 2.29. The summed E-state index contributed by atoms with van der Waals surface area (Å²) in [5.41, 5.74) is -0.340. The Labute approximate surface area is 254 Å². The molecule has 1 saturated heterocycles. The fourth-order valence-corrected chi connectivity index (χ4v) is 6.84. The summed E-state index contributed by atoms with van der Waals surface area (Å²) in [5.74, 6) is -0.561. The van der Waals surface area contributed by atoms with Crippen molar-refractivity contribution in [1.82, 2.24) is 20.4 Å². The number of hydrogen-bond donors (Lipinski definition) is 2. The van der Waals surface area contributed by atoms with E-state index in [0.717, 1.165) is 19.3 Å². The van der Waals surface area contributed by atoms with E-state index in [2.05, 4.69) is 24.5 Å². The molecule has 1 saturated carbocycles. The Morgan fingerprint density at radius 3 is 2.05 bits per heavy atom. The predicted octanol–water partition coefficient (Wildman–Crippen LogP) is 4.31. The van der Waals surface area contributed by atoms with Gasteiger partial charge in [-0.05, 0) is 62.3 Å². The van der Waals surface area contributed by atoms with Crippen LogP contribution in [-0.4, -0.2) is 85.4 Å². The number of rotatable bonds is 11. The molecule has 4 atom stereocenters. The van der Waals surface area contributed by atoms with E-state index in [0.29, 0.717) is 24.5 Å². The summed E-state index contributed by atoms with van der Waals surface area (Å²) in [6, 6.07) is -2.17. The SMILES string of the molecule is CN[C@H](C(=O)N[C@H](C(=O)N(C)[C@H](/C=C(\C)C(=O)N1CCC[C@H]1C(=O)OC)C(C)C)C(C)(C)C)C(C)(C)C1CCCCC1. The van der Waals surface area contributed by atoms with Crippen LogP contribution in [0.4, 0.5) is 0 Å². The maximum Gasteiger partial charge on any atom is 0.328 e. The minimum absolute atomic E-state index is 0.00305. The van der Waals surface area contributed by atoms with Gasteiger partial charge in [0.2, 0.25) is 17.7 Å². The van der Waals surface area contributed by atoms with Gasteiger partial charge in [-0.1, -0.05) is 73.8 Å². The van der Waals surface area contributed by atoms with Crippen molar-refractivity contribution in [2.45, 2.75) is 125 Å². The van der Waals surface area contributed by atoms with Gasteiger partial charge < -0.3 is 25.2 Å². The number of nitrogens with one attached hydrogen (secondary N) is 2. The summed E-state index contributed by atoms with van der Waals surface area (Å²) in [7, 11) is 4.89. The Kier molecular flexibility index (Phi) is 12.6. The minimum atomic E-state index is -0.763. The van der Waals surface area contributed by atoms with Crippen LogP contribution in [0, 0.1) is 22.7 Å². The number of carbonyl (C=O) groups excluding carboxylic acids is 4. The third-order valence-electron chi connectivity index (χ3n) is 9.57. The third kappa shape index (κ3) is 8.35. The van der Waals surface area contributed by atoms with E-state index >= 15 is 0 Å². The fourth-order valence-electron chi connectivity index (χ4n) is 6.84. The molecule has 0 spiro atoms. The number of likely N-dealkylation sites (tertiary alicyclic amines) is 1. The van der Waals surface area contributed by atoms with Crippen molar-refractivity contribution in [2.24, 2.45) is 22.7 Å². The number of ether oxygens (including phenoxy) is 1. The number of methoxy groups -OCH3 is 1. The summed E-state index contributed by atoms with van der Waals surface area (Å²) >= 11 is 0. The number of likely N-dealkylation sites (N-methyl/N-ethyl adjacent to an activating group) is 2. The number of nitrogens with zero attached hydrogens (tertiary/aromatic N) is 2. The van der Waals surface area contributed by atoms with Crippen LogP contribution < -0.4 is 10.6 Å². The lowest BCUT2D eigenvalue weighted by atomic mass is 9.66. The molecule has 0 aromatic heterocycles. The molecule has 0 aromatic rings. The fraction of sp³-hybridized carbons (Fsp3) is 0.818. The van der Waals surface area contributed by atoms with Gasteiger partial charge >= 0.3 is 5.97 Å². The second kappa shape index (κ2) is 14.8. The highest BCUT2D eigenvalue weighted by Crippen LogP contribution is 2.41. The predicted molar refractivity (Wildman–Crippen MR) is 166 cm³/mol. The molecule has 2 rings (SSSR count). The Morgan fingerprint density at radius 1 is 0.952 bits per heavy atom. The van der Waals surface area contributed by atoms with Crippen LogP contribution in [-0.2, 0) is 23.9 Å². The van der Waals surface area contributed by atoms with E-state index in [4.69, 9.17) is 4.74 Å². The van der Waals surface area contributed by atoms with Gasteiger partial charge in [-0.3, -0.25) is 14.4 Å². The van der Waals surface area contributed by atoms with Crippen LogP contribution in [0.5, 0.6) is 0 Å². The number of carbonyl (C=O) groups is 4. The second-order valence-electron chi connectivity index (χ2n) is 14.4. The normalized spacial score (nSPS) is 21.1. The topological polar surface area (TPSA) is 108 Å². The highest BCUT2D eigenvalue weighted by molar-refractivity contribution is 5.96. The zero-order valence-corrected chi connectivity index (χ0v) is 28.1. The Morgan fingerprint density at radius 2 is 1.55 bits per heavy atom. The lowest BCUT2D eigenvalue weighted by molar-refractivity contribution is -0.149. The van der Waals surface area contributed by atoms with Crippen molar-refractivity contribution in [3.05, 3.63) is 11.6 Å². The largest absolute Gasteiger partial charge is 0.467 e. The molecule has 1 aliphatic carbocycles. The first-order chi connectivity index (χ1) is 19.5. The Hall–Kier alpha value is -2.42. The standard InChI is InChI=1S/C33H58N4O5/c1-21(2)25(20-22(3)29(39)37-19-15-18-24(37)31(41)42-11)36(10)30(40)27(32(4,5)6)35-28(38)26(34-9)33(7,8)23-16-13-12-14-17-23/h20-21,23-27,34H,12-19H2,1-11H3,(H,35,38)/b22-20+/t24-,25+,26+,27+/m0/s1. The van der Waals surface area contributed by atoms with Crippen molar-refractivity contribution < 1.29 is 23.9 Å². The number of esters is 1. The van der Waals surface area contributed by atoms with E-state index in [9.17, 15) is 19.2 Å². The van der Waals surface area contributed by atoms with Gasteiger partial charge in [0.05, 0.1) is 19.2 Å². The van der Waals surface area contributed by atoms with Crippen LogP contribution in [0.1, 0.15) is 100 Å². The van der Waals surface area contributed by atoms with Crippen molar-refractivity contribution in [3.8, 4) is 0 Å². The van der Waals surface area contributed by atoms with Gasteiger partial charge in [0.1, 0.15) is 12.1 Å². The van der Waals surface area contributed by atoms with Gasteiger partial charge in [-0.15, -0.1) is 0 Å². The van der Waals surface area contributed by atoms with E-state index in [-0.39, 0.29) is 35.1 Å². The molecular weight excluding hydrogens is 532 g/mol. The molecule has 0 aromatic carbocycles. The summed E-state index contributed by atoms with van der Waals surface area (Å²) in [6.07, 6.45) is 8.99. The van der Waals surface area contributed by atoms with Crippen LogP contribution >= 0.6 is 0 Å². The molecule has 240 valence electrons. The molecule has 2 fully saturated rings. The van der Waals surface area contributed by atoms with Crippen molar-refractivity contribution in [2.75, 3.05) is 27.7 Å². The maximum atomic E-state index is 14.1. The summed E-state index contributed by atoms with van der Waals surface area (Å²) in [4.78, 5) is 56.8. The van der Waals surface area contributed by atoms with E-state index in [1.807, 2.05) is 47.7 Å². The highest BCUT2D eigenvalue weighted by atomic mass is 16.5. The molecule has 3 amide bonds. The average molecular weight is 591 g/mol. The van der Waals surface area contributed by atoms with Crippen molar-refractivity contribution in [3.63, 3.8) is 0 Å². The zero-order chi connectivity index (χ0) is 32.0. The van der Waals surface area contributed by atoms with E-state index in [1.54, 1.807) is 23.8 Å². The molecule has 9 heteroatoms. The molecule has 2 N–H and O–H groups in total. The maximum absolute atomic E-state index is 14.1. The highest BCUT2D eigenvalue weighted by Gasteiger charge is 2.44. The van der Waals surface area contributed by atoms with Crippen LogP contribution in [0.2, 0.25) is 0 Å². The Bertz CT molecular complexity index is 993. The van der Waals surface area contributed by atoms with Crippen molar-refractivity contribution in [1.29, 1.82) is 0 Å². The third-order valence-corrected chi connectivity index (χ3v) is 9.57. The molecular formula is C33H58N4O5. The van der Waals surface area contributed by atoms with Crippen LogP contribution in [0.3, 0.4) is 0 Å². The number of amides is 3. The second-order valence-corrected chi connectivity index (χ2v) is 14.4. The van der Waals surface area contributed by atoms with Crippen molar-refractivity contribution >= 4 is 23.7 Å².